The average Bonchev–Trinajstić information content (AvgIpc) is 3.22. The number of hydrogen-bond donors (Lipinski definition) is 2. The first-order valence-electron chi connectivity index (χ1n) is 7.09. The number of rotatable bonds is 4. The quantitative estimate of drug-likeness (QED) is 0.815. The van der Waals surface area contributed by atoms with Gasteiger partial charge in [-0.1, -0.05) is 5.16 Å². The molecule has 0 bridgehead atoms. The minimum atomic E-state index is -0.462. The number of nitrogens with one attached hydrogen (secondary N) is 2. The molecule has 3 amide bonds. The Kier molecular flexibility index (Phi) is 4.65. The second kappa shape index (κ2) is 6.87. The maximum atomic E-state index is 12.0. The number of carbonyl (C=O) groups is 2. The molecule has 1 aromatic carbocycles. The Morgan fingerprint density at radius 3 is 3.00 bits per heavy atom. The first-order chi connectivity index (χ1) is 11.6. The second-order valence-electron chi connectivity index (χ2n) is 4.99. The number of nitrogens with zero attached hydrogens (tertiary/aromatic N) is 3. The van der Waals surface area contributed by atoms with Crippen molar-refractivity contribution in [1.82, 2.24) is 20.8 Å². The summed E-state index contributed by atoms with van der Waals surface area (Å²) < 4.78 is 11.0. The Labute approximate surface area is 145 Å². The van der Waals surface area contributed by atoms with E-state index in [1.165, 1.54) is 18.3 Å². The molecule has 10 heteroatoms. The fourth-order valence-electron chi connectivity index (χ4n) is 2.27. The number of halogens is 1. The number of urea groups is 1. The lowest BCUT2D eigenvalue weighted by Crippen LogP contribution is -2.39. The SMILES string of the molecule is CNC(=O)NCC1CN(c2ccc(-c3ncno3)c(Br)c2)C(=O)O1. The highest BCUT2D eigenvalue weighted by molar-refractivity contribution is 9.10. The first kappa shape index (κ1) is 16.2. The molecule has 3 rings (SSSR count). The topological polar surface area (TPSA) is 110 Å². The molecule has 9 nitrogen and oxygen atoms in total. The smallest absolute Gasteiger partial charge is 0.414 e. The van der Waals surface area contributed by atoms with Gasteiger partial charge in [-0.05, 0) is 34.1 Å². The Balaban J connectivity index is 1.71. The van der Waals surface area contributed by atoms with Crippen LogP contribution in [-0.2, 0) is 4.74 Å². The van der Waals surface area contributed by atoms with E-state index in [0.29, 0.717) is 22.6 Å². The van der Waals surface area contributed by atoms with Gasteiger partial charge in [0.1, 0.15) is 6.10 Å². The maximum Gasteiger partial charge on any atom is 0.414 e. The van der Waals surface area contributed by atoms with Crippen molar-refractivity contribution < 1.29 is 18.8 Å². The molecule has 1 atom stereocenters. The number of amides is 3. The summed E-state index contributed by atoms with van der Waals surface area (Å²) in [5.74, 6) is 0.380. The van der Waals surface area contributed by atoms with Gasteiger partial charge in [-0.25, -0.2) is 9.59 Å². The molecule has 0 spiro atoms. The van der Waals surface area contributed by atoms with Gasteiger partial charge < -0.3 is 19.9 Å². The van der Waals surface area contributed by atoms with E-state index in [4.69, 9.17) is 9.26 Å². The Morgan fingerprint density at radius 1 is 1.50 bits per heavy atom. The highest BCUT2D eigenvalue weighted by atomic mass is 79.9. The largest absolute Gasteiger partial charge is 0.442 e. The van der Waals surface area contributed by atoms with Crippen molar-refractivity contribution in [1.29, 1.82) is 0 Å². The molecule has 2 N–H and O–H groups in total. The molecule has 1 unspecified atom stereocenters. The van der Waals surface area contributed by atoms with Crippen LogP contribution in [0.25, 0.3) is 11.5 Å². The summed E-state index contributed by atoms with van der Waals surface area (Å²) in [5.41, 5.74) is 1.39. The molecule has 0 radical (unpaired) electrons. The van der Waals surface area contributed by atoms with E-state index in [-0.39, 0.29) is 12.6 Å². The van der Waals surface area contributed by atoms with Gasteiger partial charge in [0.05, 0.1) is 18.7 Å². The summed E-state index contributed by atoms with van der Waals surface area (Å²) >= 11 is 3.44. The van der Waals surface area contributed by atoms with Crippen molar-refractivity contribution in [3.63, 3.8) is 0 Å². The Hall–Kier alpha value is -2.62. The van der Waals surface area contributed by atoms with Gasteiger partial charge in [0.2, 0.25) is 0 Å². The standard InChI is InChI=1S/C14H14BrN5O4/c1-16-13(21)17-5-9-6-20(14(22)23-9)8-2-3-10(11(15)4-8)12-18-7-19-24-12/h2-4,7,9H,5-6H2,1H3,(H2,16,17,21). The van der Waals surface area contributed by atoms with Gasteiger partial charge in [0.15, 0.2) is 6.33 Å². The highest BCUT2D eigenvalue weighted by Crippen LogP contribution is 2.32. The first-order valence-corrected chi connectivity index (χ1v) is 7.88. The molecule has 1 saturated heterocycles. The van der Waals surface area contributed by atoms with Gasteiger partial charge in [-0.2, -0.15) is 4.98 Å². The fraction of sp³-hybridized carbons (Fsp3) is 0.286. The van der Waals surface area contributed by atoms with Crippen LogP contribution in [0.5, 0.6) is 0 Å². The number of ether oxygens (including phenoxy) is 1. The molecule has 0 saturated carbocycles. The molecule has 2 aromatic rings. The van der Waals surface area contributed by atoms with Gasteiger partial charge in [-0.3, -0.25) is 4.90 Å². The van der Waals surface area contributed by atoms with Crippen LogP contribution < -0.4 is 15.5 Å². The minimum Gasteiger partial charge on any atom is -0.442 e. The molecule has 24 heavy (non-hydrogen) atoms. The molecule has 1 aliphatic heterocycles. The number of hydrogen-bond acceptors (Lipinski definition) is 6. The van der Waals surface area contributed by atoms with Gasteiger partial charge in [0, 0.05) is 17.2 Å². The van der Waals surface area contributed by atoms with Crippen LogP contribution in [0.1, 0.15) is 0 Å². The van der Waals surface area contributed by atoms with Crippen molar-refractivity contribution in [3.8, 4) is 11.5 Å². The molecule has 126 valence electrons. The number of carbonyl (C=O) groups excluding carboxylic acids is 2. The van der Waals surface area contributed by atoms with Crippen molar-refractivity contribution >= 4 is 33.7 Å². The maximum absolute atomic E-state index is 12.0. The number of anilines is 1. The number of benzene rings is 1. The lowest BCUT2D eigenvalue weighted by Gasteiger charge is -2.14. The van der Waals surface area contributed by atoms with Crippen LogP contribution >= 0.6 is 15.9 Å². The van der Waals surface area contributed by atoms with Gasteiger partial charge >= 0.3 is 12.1 Å². The average molecular weight is 396 g/mol. The van der Waals surface area contributed by atoms with Crippen LogP contribution in [-0.4, -0.2) is 48.5 Å². The van der Waals surface area contributed by atoms with Crippen molar-refractivity contribution in [3.05, 3.63) is 29.0 Å². The van der Waals surface area contributed by atoms with E-state index in [9.17, 15) is 9.59 Å². The summed E-state index contributed by atoms with van der Waals surface area (Å²) in [6.45, 7) is 0.582. The van der Waals surface area contributed by atoms with E-state index in [1.807, 2.05) is 0 Å². The summed E-state index contributed by atoms with van der Waals surface area (Å²) in [4.78, 5) is 28.7. The molecule has 1 aliphatic rings. The van der Waals surface area contributed by atoms with Crippen LogP contribution in [0.3, 0.4) is 0 Å². The number of cyclic esters (lactones) is 1. The molecule has 0 aliphatic carbocycles. The monoisotopic (exact) mass is 395 g/mol. The Bertz CT molecular complexity index is 752. The lowest BCUT2D eigenvalue weighted by molar-refractivity contribution is 0.140. The normalized spacial score (nSPS) is 16.8. The molecule has 1 aromatic heterocycles. The molecular weight excluding hydrogens is 382 g/mol. The third-order valence-corrected chi connectivity index (χ3v) is 4.10. The summed E-state index contributed by atoms with van der Waals surface area (Å²) in [6.07, 6.45) is 0.442. The highest BCUT2D eigenvalue weighted by Gasteiger charge is 2.32. The predicted octanol–water partition coefficient (Wildman–Crippen LogP) is 1.75. The third-order valence-electron chi connectivity index (χ3n) is 3.45. The Morgan fingerprint density at radius 2 is 2.33 bits per heavy atom. The van der Waals surface area contributed by atoms with Crippen LogP contribution in [0.4, 0.5) is 15.3 Å². The van der Waals surface area contributed by atoms with E-state index >= 15 is 0 Å². The molecule has 2 heterocycles. The lowest BCUT2D eigenvalue weighted by atomic mass is 10.2. The van der Waals surface area contributed by atoms with E-state index in [1.54, 1.807) is 18.2 Å². The van der Waals surface area contributed by atoms with Crippen LogP contribution in [0.2, 0.25) is 0 Å². The van der Waals surface area contributed by atoms with E-state index in [0.717, 1.165) is 5.56 Å². The summed E-state index contributed by atoms with van der Waals surface area (Å²) in [6, 6.07) is 4.99. The predicted molar refractivity (Wildman–Crippen MR) is 87.5 cm³/mol. The zero-order valence-electron chi connectivity index (χ0n) is 12.7. The molecular formula is C14H14BrN5O4. The fourth-order valence-corrected chi connectivity index (χ4v) is 2.81. The van der Waals surface area contributed by atoms with Crippen molar-refractivity contribution in [2.24, 2.45) is 0 Å². The van der Waals surface area contributed by atoms with Crippen molar-refractivity contribution in [2.75, 3.05) is 25.0 Å². The van der Waals surface area contributed by atoms with E-state index < -0.39 is 12.2 Å². The van der Waals surface area contributed by atoms with Crippen molar-refractivity contribution in [2.45, 2.75) is 6.10 Å². The van der Waals surface area contributed by atoms with E-state index in [2.05, 4.69) is 36.7 Å². The van der Waals surface area contributed by atoms with Crippen LogP contribution in [0.15, 0.2) is 33.5 Å². The second-order valence-corrected chi connectivity index (χ2v) is 5.84. The third kappa shape index (κ3) is 3.32. The summed E-state index contributed by atoms with van der Waals surface area (Å²) in [5, 5.41) is 8.63. The zero-order valence-corrected chi connectivity index (χ0v) is 14.2. The van der Waals surface area contributed by atoms with Crippen LogP contribution in [0, 0.1) is 0 Å². The number of aromatic nitrogens is 2. The summed E-state index contributed by atoms with van der Waals surface area (Å²) in [7, 11) is 1.52. The zero-order chi connectivity index (χ0) is 17.1. The van der Waals surface area contributed by atoms with Gasteiger partial charge in [-0.15, -0.1) is 0 Å². The molecule has 1 fully saturated rings. The minimum absolute atomic E-state index is 0.239. The van der Waals surface area contributed by atoms with Gasteiger partial charge in [0.25, 0.3) is 5.89 Å².